The van der Waals surface area contributed by atoms with Gasteiger partial charge in [0, 0.05) is 43.2 Å². The molecule has 0 aliphatic carbocycles. The number of aliphatic hydroxyl groups excluding tert-OH is 1. The SMILES string of the molecule is CC(C)C(=O)N1[C@H](C)CN(Cc2ccc(C(=O)CO)cc2)C[C@@H]1C. The maximum absolute atomic E-state index is 12.4. The number of benzene rings is 1. The number of carbonyl (C=O) groups is 2. The summed E-state index contributed by atoms with van der Waals surface area (Å²) < 4.78 is 0. The summed E-state index contributed by atoms with van der Waals surface area (Å²) in [5.74, 6) is -0.0100. The van der Waals surface area contributed by atoms with E-state index in [9.17, 15) is 9.59 Å². The predicted molar refractivity (Wildman–Crippen MR) is 93.7 cm³/mol. The maximum atomic E-state index is 12.4. The molecule has 1 heterocycles. The molecule has 1 amide bonds. The smallest absolute Gasteiger partial charge is 0.225 e. The molecule has 1 aromatic carbocycles. The van der Waals surface area contributed by atoms with Crippen LogP contribution in [-0.2, 0) is 11.3 Å². The van der Waals surface area contributed by atoms with Crippen molar-refractivity contribution in [1.29, 1.82) is 0 Å². The average Bonchev–Trinajstić information content (AvgIpc) is 2.54. The summed E-state index contributed by atoms with van der Waals surface area (Å²) in [5, 5.41) is 8.90. The largest absolute Gasteiger partial charge is 0.388 e. The number of piperazine rings is 1. The normalized spacial score (nSPS) is 22.0. The van der Waals surface area contributed by atoms with Crippen molar-refractivity contribution in [2.45, 2.75) is 46.3 Å². The molecule has 1 N–H and O–H groups in total. The summed E-state index contributed by atoms with van der Waals surface area (Å²) in [6.07, 6.45) is 0. The van der Waals surface area contributed by atoms with Crippen LogP contribution in [0.25, 0.3) is 0 Å². The van der Waals surface area contributed by atoms with E-state index in [4.69, 9.17) is 5.11 Å². The lowest BCUT2D eigenvalue weighted by Gasteiger charge is -2.45. The molecule has 1 fully saturated rings. The molecule has 0 radical (unpaired) electrons. The third kappa shape index (κ3) is 4.22. The predicted octanol–water partition coefficient (Wildman–Crippen LogP) is 1.94. The summed E-state index contributed by atoms with van der Waals surface area (Å²) >= 11 is 0. The first-order chi connectivity index (χ1) is 11.3. The van der Waals surface area contributed by atoms with E-state index in [1.807, 2.05) is 30.9 Å². The second-order valence-corrected chi connectivity index (χ2v) is 7.07. The monoisotopic (exact) mass is 332 g/mol. The van der Waals surface area contributed by atoms with Crippen LogP contribution in [0.1, 0.15) is 43.6 Å². The van der Waals surface area contributed by atoms with Crippen molar-refractivity contribution in [3.63, 3.8) is 0 Å². The lowest BCUT2D eigenvalue weighted by molar-refractivity contribution is -0.142. The molecule has 1 aliphatic rings. The highest BCUT2D eigenvalue weighted by Gasteiger charge is 2.33. The van der Waals surface area contributed by atoms with Gasteiger partial charge in [-0.25, -0.2) is 0 Å². The van der Waals surface area contributed by atoms with Gasteiger partial charge in [-0.15, -0.1) is 0 Å². The van der Waals surface area contributed by atoms with Crippen LogP contribution in [0.5, 0.6) is 0 Å². The number of Topliss-reactive ketones (excluding diaryl/α,β-unsaturated/α-hetero) is 1. The highest BCUT2D eigenvalue weighted by Crippen LogP contribution is 2.20. The highest BCUT2D eigenvalue weighted by molar-refractivity contribution is 5.96. The van der Waals surface area contributed by atoms with Gasteiger partial charge in [0.15, 0.2) is 5.78 Å². The number of ketones is 1. The summed E-state index contributed by atoms with van der Waals surface area (Å²) in [4.78, 5) is 28.2. The fourth-order valence-corrected chi connectivity index (χ4v) is 3.44. The zero-order chi connectivity index (χ0) is 17.9. The Bertz CT molecular complexity index is 571. The van der Waals surface area contributed by atoms with Crippen LogP contribution in [0.4, 0.5) is 0 Å². The van der Waals surface area contributed by atoms with Crippen molar-refractivity contribution in [3.8, 4) is 0 Å². The number of nitrogens with zero attached hydrogens (tertiary/aromatic N) is 2. The number of amides is 1. The summed E-state index contributed by atoms with van der Waals surface area (Å²) in [6.45, 7) is 10.1. The second kappa shape index (κ2) is 7.90. The molecule has 24 heavy (non-hydrogen) atoms. The lowest BCUT2D eigenvalue weighted by Crippen LogP contribution is -2.59. The second-order valence-electron chi connectivity index (χ2n) is 7.07. The number of hydrogen-bond donors (Lipinski definition) is 1. The average molecular weight is 332 g/mol. The topological polar surface area (TPSA) is 60.9 Å². The zero-order valence-electron chi connectivity index (χ0n) is 15.0. The molecule has 0 spiro atoms. The van der Waals surface area contributed by atoms with Crippen LogP contribution in [0.3, 0.4) is 0 Å². The number of carbonyl (C=O) groups excluding carboxylic acids is 2. The summed E-state index contributed by atoms with van der Waals surface area (Å²) in [5.41, 5.74) is 1.67. The standard InChI is InChI=1S/C19H28N2O3/c1-13(2)19(24)21-14(3)9-20(10-15(21)4)11-16-5-7-17(8-6-16)18(23)12-22/h5-8,13-15,22H,9-12H2,1-4H3/t14-,15+. The molecule has 1 aromatic rings. The van der Waals surface area contributed by atoms with Crippen molar-refractivity contribution >= 4 is 11.7 Å². The first-order valence-corrected chi connectivity index (χ1v) is 8.61. The summed E-state index contributed by atoms with van der Waals surface area (Å²) in [6, 6.07) is 7.78. The summed E-state index contributed by atoms with van der Waals surface area (Å²) in [7, 11) is 0. The maximum Gasteiger partial charge on any atom is 0.225 e. The molecular formula is C19H28N2O3. The van der Waals surface area contributed by atoms with Crippen LogP contribution in [0.2, 0.25) is 0 Å². The number of aliphatic hydroxyl groups is 1. The number of rotatable bonds is 5. The van der Waals surface area contributed by atoms with E-state index in [2.05, 4.69) is 18.7 Å². The Labute approximate surface area is 144 Å². The van der Waals surface area contributed by atoms with Crippen molar-refractivity contribution in [2.75, 3.05) is 19.7 Å². The van der Waals surface area contributed by atoms with Gasteiger partial charge in [-0.05, 0) is 19.4 Å². The van der Waals surface area contributed by atoms with E-state index >= 15 is 0 Å². The van der Waals surface area contributed by atoms with Gasteiger partial charge in [0.2, 0.25) is 5.91 Å². The van der Waals surface area contributed by atoms with Gasteiger partial charge < -0.3 is 10.0 Å². The first kappa shape index (κ1) is 18.6. The van der Waals surface area contributed by atoms with Gasteiger partial charge in [-0.2, -0.15) is 0 Å². The molecule has 1 aliphatic heterocycles. The number of hydrogen-bond acceptors (Lipinski definition) is 4. The first-order valence-electron chi connectivity index (χ1n) is 8.61. The molecule has 2 rings (SSSR count). The molecule has 5 nitrogen and oxygen atoms in total. The van der Waals surface area contributed by atoms with Crippen LogP contribution in [-0.4, -0.2) is 58.4 Å². The minimum absolute atomic E-state index is 0.0260. The van der Waals surface area contributed by atoms with Crippen LogP contribution < -0.4 is 0 Å². The van der Waals surface area contributed by atoms with Gasteiger partial charge in [0.25, 0.3) is 0 Å². The molecule has 0 aromatic heterocycles. The zero-order valence-corrected chi connectivity index (χ0v) is 15.0. The molecule has 0 bridgehead atoms. The Balaban J connectivity index is 2.00. The van der Waals surface area contributed by atoms with E-state index in [-0.39, 0.29) is 29.7 Å². The molecule has 0 saturated carbocycles. The Morgan fingerprint density at radius 3 is 2.12 bits per heavy atom. The van der Waals surface area contributed by atoms with Crippen molar-refractivity contribution in [1.82, 2.24) is 9.80 Å². The molecule has 2 atom stereocenters. The van der Waals surface area contributed by atoms with Gasteiger partial charge in [0.05, 0.1) is 0 Å². The highest BCUT2D eigenvalue weighted by atomic mass is 16.3. The molecule has 132 valence electrons. The Kier molecular flexibility index (Phi) is 6.13. The van der Waals surface area contributed by atoms with Crippen molar-refractivity contribution in [3.05, 3.63) is 35.4 Å². The van der Waals surface area contributed by atoms with Crippen LogP contribution in [0.15, 0.2) is 24.3 Å². The third-order valence-corrected chi connectivity index (χ3v) is 4.57. The quantitative estimate of drug-likeness (QED) is 0.837. The lowest BCUT2D eigenvalue weighted by atomic mass is 10.0. The van der Waals surface area contributed by atoms with E-state index in [1.165, 1.54) is 0 Å². The molecular weight excluding hydrogens is 304 g/mol. The van der Waals surface area contributed by atoms with Gasteiger partial charge in [-0.3, -0.25) is 14.5 Å². The minimum atomic E-state index is -0.458. The Hall–Kier alpha value is -1.72. The molecule has 5 heteroatoms. The van der Waals surface area contributed by atoms with Crippen LogP contribution in [0, 0.1) is 5.92 Å². The fraction of sp³-hybridized carbons (Fsp3) is 0.579. The molecule has 0 unspecified atom stereocenters. The Morgan fingerprint density at radius 1 is 1.12 bits per heavy atom. The van der Waals surface area contributed by atoms with Gasteiger partial charge in [0.1, 0.15) is 6.61 Å². The van der Waals surface area contributed by atoms with Crippen molar-refractivity contribution in [2.24, 2.45) is 5.92 Å². The van der Waals surface area contributed by atoms with E-state index in [0.29, 0.717) is 5.56 Å². The van der Waals surface area contributed by atoms with Crippen LogP contribution >= 0.6 is 0 Å². The fourth-order valence-electron chi connectivity index (χ4n) is 3.44. The van der Waals surface area contributed by atoms with E-state index < -0.39 is 6.61 Å². The van der Waals surface area contributed by atoms with Gasteiger partial charge >= 0.3 is 0 Å². The Morgan fingerprint density at radius 2 is 1.67 bits per heavy atom. The van der Waals surface area contributed by atoms with Crippen molar-refractivity contribution < 1.29 is 14.7 Å². The van der Waals surface area contributed by atoms with E-state index in [1.54, 1.807) is 12.1 Å². The van der Waals surface area contributed by atoms with E-state index in [0.717, 1.165) is 25.2 Å². The van der Waals surface area contributed by atoms with Gasteiger partial charge in [-0.1, -0.05) is 38.1 Å². The third-order valence-electron chi connectivity index (χ3n) is 4.57. The minimum Gasteiger partial charge on any atom is -0.388 e. The molecule has 1 saturated heterocycles.